The minimum absolute atomic E-state index is 0.0710. The molecule has 66 heavy (non-hydrogen) atoms. The number of unbranched alkanes of at least 4 members (excludes halogenated alkanes) is 12. The number of carbonyl (C=O) groups is 2. The molecule has 17 nitrogen and oxygen atoms in total. The highest BCUT2D eigenvalue weighted by atomic mass is 31.2. The van der Waals surface area contributed by atoms with Crippen molar-refractivity contribution in [3.63, 3.8) is 0 Å². The zero-order valence-corrected chi connectivity index (χ0v) is 40.7. The SMILES string of the molecule is CC/C=C\C/C=C\CC(O)/C=C/C=C\C/C=C\CCCC(=O)O[C@H](COC(=O)CCCCCCC/C=C\CCCCCCCC)COP(=O)(O)O[C@H]1C(O)C(O)C(O)[C@@H](OP(=O)(O)O)C1O. The Bertz CT molecular complexity index is 1570. The van der Waals surface area contributed by atoms with E-state index >= 15 is 0 Å². The number of hydrogen-bond donors (Lipinski definition) is 8. The van der Waals surface area contributed by atoms with Crippen molar-refractivity contribution >= 4 is 27.6 Å². The van der Waals surface area contributed by atoms with Gasteiger partial charge in [0.15, 0.2) is 6.10 Å². The zero-order chi connectivity index (χ0) is 49.1. The molecule has 0 aromatic heterocycles. The van der Waals surface area contributed by atoms with Crippen molar-refractivity contribution in [2.24, 2.45) is 0 Å². The molecule has 1 saturated carbocycles. The Morgan fingerprint density at radius 3 is 1.77 bits per heavy atom. The average Bonchev–Trinajstić information content (AvgIpc) is 3.27. The van der Waals surface area contributed by atoms with E-state index < -0.39 is 89.6 Å². The molecule has 9 atom stereocenters. The van der Waals surface area contributed by atoms with Crippen LogP contribution in [0, 0.1) is 0 Å². The van der Waals surface area contributed by atoms with Crippen LogP contribution in [0.3, 0.4) is 0 Å². The Labute approximate surface area is 392 Å². The summed E-state index contributed by atoms with van der Waals surface area (Å²) < 4.78 is 49.2. The van der Waals surface area contributed by atoms with Crippen molar-refractivity contribution in [3.05, 3.63) is 72.9 Å². The summed E-state index contributed by atoms with van der Waals surface area (Å²) in [6, 6.07) is 0. The summed E-state index contributed by atoms with van der Waals surface area (Å²) in [4.78, 5) is 54.2. The first kappa shape index (κ1) is 61.4. The molecule has 1 aliphatic carbocycles. The van der Waals surface area contributed by atoms with Crippen LogP contribution in [0.25, 0.3) is 0 Å². The fourth-order valence-corrected chi connectivity index (χ4v) is 8.21. The fraction of sp³-hybridized carbons (Fsp3) is 0.702. The second kappa shape index (κ2) is 37.3. The number of hydrogen-bond acceptors (Lipinski definition) is 14. The number of phosphoric ester groups is 2. The van der Waals surface area contributed by atoms with E-state index in [1.165, 1.54) is 38.5 Å². The van der Waals surface area contributed by atoms with Crippen LogP contribution in [-0.2, 0) is 41.8 Å². The van der Waals surface area contributed by atoms with Crippen LogP contribution in [0.4, 0.5) is 0 Å². The second-order valence-electron chi connectivity index (χ2n) is 16.3. The van der Waals surface area contributed by atoms with Gasteiger partial charge in [-0.2, -0.15) is 0 Å². The van der Waals surface area contributed by atoms with E-state index in [9.17, 15) is 49.1 Å². The van der Waals surface area contributed by atoms with Gasteiger partial charge in [0, 0.05) is 12.8 Å². The molecule has 8 N–H and O–H groups in total. The lowest BCUT2D eigenvalue weighted by Crippen LogP contribution is -2.64. The van der Waals surface area contributed by atoms with Crippen molar-refractivity contribution in [3.8, 4) is 0 Å². The minimum atomic E-state index is -5.38. The summed E-state index contributed by atoms with van der Waals surface area (Å²) >= 11 is 0. The molecule has 0 amide bonds. The minimum Gasteiger partial charge on any atom is -0.462 e. The monoisotopic (exact) mass is 978 g/mol. The molecular weight excluding hydrogens is 898 g/mol. The highest BCUT2D eigenvalue weighted by Crippen LogP contribution is 2.49. The molecule has 0 aromatic carbocycles. The molecule has 1 fully saturated rings. The molecule has 0 saturated heterocycles. The van der Waals surface area contributed by atoms with Crippen molar-refractivity contribution < 1.29 is 82.0 Å². The first-order valence-electron chi connectivity index (χ1n) is 23.6. The Kier molecular flexibility index (Phi) is 34.7. The molecule has 6 unspecified atom stereocenters. The molecule has 0 aliphatic heterocycles. The molecule has 0 heterocycles. The number of ether oxygens (including phenoxy) is 2. The number of aliphatic hydroxyl groups excluding tert-OH is 5. The van der Waals surface area contributed by atoms with Gasteiger partial charge in [0.2, 0.25) is 0 Å². The van der Waals surface area contributed by atoms with E-state index in [-0.39, 0.29) is 12.8 Å². The summed E-state index contributed by atoms with van der Waals surface area (Å²) in [5.74, 6) is -1.33. The number of carbonyl (C=O) groups excluding carboxylic acids is 2. The van der Waals surface area contributed by atoms with Crippen LogP contribution in [0.15, 0.2) is 72.9 Å². The topological polar surface area (TPSA) is 276 Å². The Morgan fingerprint density at radius 2 is 1.12 bits per heavy atom. The standard InChI is InChI=1S/C47H80O17P2/c1-3-5-7-9-11-12-13-14-15-16-17-18-22-26-30-34-40(49)60-36-39(37-61-66(58,59)64-47-44(53)42(51)43(52)46(45(47)54)63-65(55,56)57)62-41(50)35-31-27-23-20-19-21-25-29-33-38(48)32-28-24-10-8-6-4-2/h6,8,14-15,20-21,23-25,28-29,33,38-39,42-48,51-54H,3-5,7,9-13,16-19,22,26-27,30-32,34-37H2,1-2H3,(H,58,59)(H2,55,56,57)/b8-6-,15-14-,23-20-,25-21-,28-24-,33-29+/t38?,39-,42?,43?,44?,45?,46-,47+/m1/s1. The molecule has 19 heteroatoms. The maximum Gasteiger partial charge on any atom is 0.472 e. The predicted molar refractivity (Wildman–Crippen MR) is 252 cm³/mol. The maximum absolute atomic E-state index is 13.0. The predicted octanol–water partition coefficient (Wildman–Crippen LogP) is 7.81. The summed E-state index contributed by atoms with van der Waals surface area (Å²) in [6.45, 7) is 2.85. The van der Waals surface area contributed by atoms with Gasteiger partial charge >= 0.3 is 27.6 Å². The first-order valence-corrected chi connectivity index (χ1v) is 26.6. The highest BCUT2D eigenvalue weighted by molar-refractivity contribution is 7.47. The van der Waals surface area contributed by atoms with E-state index in [4.69, 9.17) is 28.3 Å². The third kappa shape index (κ3) is 31.4. The Morgan fingerprint density at radius 1 is 0.576 bits per heavy atom. The third-order valence-corrected chi connectivity index (χ3v) is 11.8. The van der Waals surface area contributed by atoms with Crippen molar-refractivity contribution in [1.82, 2.24) is 0 Å². The quantitative estimate of drug-likeness (QED) is 0.00963. The van der Waals surface area contributed by atoms with Crippen molar-refractivity contribution in [2.75, 3.05) is 13.2 Å². The summed E-state index contributed by atoms with van der Waals surface area (Å²) in [5.41, 5.74) is 0. The molecule has 0 radical (unpaired) electrons. The lowest BCUT2D eigenvalue weighted by atomic mass is 9.85. The number of phosphoric acid groups is 2. The third-order valence-electron chi connectivity index (χ3n) is 10.3. The van der Waals surface area contributed by atoms with E-state index in [2.05, 4.69) is 42.7 Å². The van der Waals surface area contributed by atoms with Gasteiger partial charge in [0.1, 0.15) is 43.2 Å². The van der Waals surface area contributed by atoms with Gasteiger partial charge in [-0.15, -0.1) is 0 Å². The highest BCUT2D eigenvalue weighted by Gasteiger charge is 2.54. The van der Waals surface area contributed by atoms with Crippen molar-refractivity contribution in [1.29, 1.82) is 0 Å². The van der Waals surface area contributed by atoms with Crippen LogP contribution in [0.5, 0.6) is 0 Å². The van der Waals surface area contributed by atoms with Gasteiger partial charge in [-0.05, 0) is 70.6 Å². The van der Waals surface area contributed by atoms with E-state index in [1.54, 1.807) is 12.2 Å². The van der Waals surface area contributed by atoms with Gasteiger partial charge in [-0.3, -0.25) is 23.2 Å². The molecular formula is C47H80O17P2. The van der Waals surface area contributed by atoms with Crippen molar-refractivity contribution in [2.45, 2.75) is 198 Å². The van der Waals surface area contributed by atoms with Gasteiger partial charge in [0.05, 0.1) is 12.7 Å². The lowest BCUT2D eigenvalue weighted by molar-refractivity contribution is -0.216. The van der Waals surface area contributed by atoms with E-state index in [1.807, 2.05) is 36.5 Å². The summed E-state index contributed by atoms with van der Waals surface area (Å²) in [7, 11) is -10.7. The summed E-state index contributed by atoms with van der Waals surface area (Å²) in [5, 5.41) is 51.3. The normalized spacial score (nSPS) is 22.6. The number of esters is 2. The van der Waals surface area contributed by atoms with Crippen LogP contribution in [-0.4, -0.2) is 114 Å². The fourth-order valence-electron chi connectivity index (χ4n) is 6.67. The molecule has 0 aromatic rings. The molecule has 1 aliphatic rings. The first-order chi connectivity index (χ1) is 31.5. The van der Waals surface area contributed by atoms with E-state index in [0.717, 1.165) is 51.4 Å². The van der Waals surface area contributed by atoms with Gasteiger partial charge in [-0.1, -0.05) is 138 Å². The van der Waals surface area contributed by atoms with Gasteiger partial charge in [0.25, 0.3) is 0 Å². The van der Waals surface area contributed by atoms with Crippen LogP contribution >= 0.6 is 15.6 Å². The second-order valence-corrected chi connectivity index (χ2v) is 18.9. The average molecular weight is 979 g/mol. The maximum atomic E-state index is 13.0. The van der Waals surface area contributed by atoms with Crippen LogP contribution in [0.1, 0.15) is 149 Å². The number of allylic oxidation sites excluding steroid dienone is 10. The molecule has 0 bridgehead atoms. The summed E-state index contributed by atoms with van der Waals surface area (Å²) in [6.07, 6.45) is 26.1. The van der Waals surface area contributed by atoms with Crippen LogP contribution < -0.4 is 0 Å². The van der Waals surface area contributed by atoms with Gasteiger partial charge < -0.3 is 49.7 Å². The lowest BCUT2D eigenvalue weighted by Gasteiger charge is -2.43. The van der Waals surface area contributed by atoms with E-state index in [0.29, 0.717) is 32.1 Å². The zero-order valence-electron chi connectivity index (χ0n) is 39.0. The molecule has 380 valence electrons. The van der Waals surface area contributed by atoms with Crippen LogP contribution in [0.2, 0.25) is 0 Å². The number of rotatable bonds is 38. The number of aliphatic hydroxyl groups is 5. The largest absolute Gasteiger partial charge is 0.472 e. The van der Waals surface area contributed by atoms with Gasteiger partial charge in [-0.25, -0.2) is 9.13 Å². The Hall–Kier alpha value is -2.60. The molecule has 1 rings (SSSR count). The Balaban J connectivity index is 2.68. The smallest absolute Gasteiger partial charge is 0.462 e. The molecule has 0 spiro atoms.